The highest BCUT2D eigenvalue weighted by molar-refractivity contribution is 5.94. The zero-order valence-electron chi connectivity index (χ0n) is 13.4. The third-order valence-electron chi connectivity index (χ3n) is 5.46. The zero-order chi connectivity index (χ0) is 15.6. The number of carbonyl (C=O) groups is 1. The van der Waals surface area contributed by atoms with Crippen molar-refractivity contribution in [2.75, 3.05) is 13.1 Å². The fraction of sp³-hybridized carbons (Fsp3) is 0.474. The third kappa shape index (κ3) is 2.90. The van der Waals surface area contributed by atoms with Gasteiger partial charge in [0.1, 0.15) is 0 Å². The first-order chi connectivity index (χ1) is 11.3. The molecular formula is C19H23N3O. The number of likely N-dealkylation sites (tertiary alicyclic amines) is 1. The predicted molar refractivity (Wildman–Crippen MR) is 89.5 cm³/mol. The Balaban J connectivity index is 1.46. The maximum absolute atomic E-state index is 12.8. The minimum absolute atomic E-state index is 0.182. The molecule has 2 aliphatic rings. The number of hydrogen-bond acceptors (Lipinski definition) is 2. The average Bonchev–Trinajstić information content (AvgIpc) is 3.15. The molecule has 120 valence electrons. The summed E-state index contributed by atoms with van der Waals surface area (Å²) in [5, 5.41) is 4.22. The molecule has 1 aliphatic heterocycles. The molecule has 1 aromatic carbocycles. The lowest BCUT2D eigenvalue weighted by Gasteiger charge is -2.41. The Kier molecular flexibility index (Phi) is 3.90. The number of piperidine rings is 1. The number of hydrogen-bond donors (Lipinski definition) is 0. The van der Waals surface area contributed by atoms with Crippen LogP contribution in [0.15, 0.2) is 42.7 Å². The first-order valence-electron chi connectivity index (χ1n) is 8.70. The Hall–Kier alpha value is -2.10. The molecule has 23 heavy (non-hydrogen) atoms. The second-order valence-corrected chi connectivity index (χ2v) is 6.84. The van der Waals surface area contributed by atoms with Crippen molar-refractivity contribution >= 4 is 5.91 Å². The summed E-state index contributed by atoms with van der Waals surface area (Å²) in [5.41, 5.74) is 1.77. The lowest BCUT2D eigenvalue weighted by Crippen LogP contribution is -2.44. The van der Waals surface area contributed by atoms with Crippen LogP contribution in [-0.2, 0) is 0 Å². The Morgan fingerprint density at radius 1 is 1.04 bits per heavy atom. The van der Waals surface area contributed by atoms with Crippen LogP contribution in [-0.4, -0.2) is 33.7 Å². The van der Waals surface area contributed by atoms with Crippen LogP contribution in [0.25, 0.3) is 5.69 Å². The quantitative estimate of drug-likeness (QED) is 0.851. The summed E-state index contributed by atoms with van der Waals surface area (Å²) in [4.78, 5) is 14.8. The van der Waals surface area contributed by atoms with Crippen molar-refractivity contribution in [2.45, 2.75) is 32.1 Å². The molecule has 2 atom stereocenters. The Labute approximate surface area is 137 Å². The van der Waals surface area contributed by atoms with Gasteiger partial charge in [0, 0.05) is 31.0 Å². The molecule has 1 saturated carbocycles. The summed E-state index contributed by atoms with van der Waals surface area (Å²) in [5.74, 6) is 1.76. The van der Waals surface area contributed by atoms with Gasteiger partial charge in [-0.25, -0.2) is 4.68 Å². The van der Waals surface area contributed by atoms with Crippen molar-refractivity contribution in [3.8, 4) is 5.69 Å². The highest BCUT2D eigenvalue weighted by Crippen LogP contribution is 2.36. The standard InChI is InChI=1S/C19H23N3O/c23-19(21-13-10-15-4-1-2-5-17(15)14-21)16-6-8-18(9-7-16)22-12-3-11-20-22/h3,6-9,11-12,15,17H,1-2,4-5,10,13-14H2. The zero-order valence-corrected chi connectivity index (χ0v) is 13.4. The van der Waals surface area contributed by atoms with Crippen LogP contribution >= 0.6 is 0 Å². The largest absolute Gasteiger partial charge is 0.338 e. The average molecular weight is 309 g/mol. The molecule has 2 aromatic rings. The van der Waals surface area contributed by atoms with E-state index in [9.17, 15) is 4.79 Å². The van der Waals surface area contributed by atoms with Gasteiger partial charge in [-0.1, -0.05) is 19.3 Å². The van der Waals surface area contributed by atoms with Crippen LogP contribution in [0.4, 0.5) is 0 Å². The summed E-state index contributed by atoms with van der Waals surface area (Å²) < 4.78 is 1.81. The normalized spacial score (nSPS) is 24.3. The number of aromatic nitrogens is 2. The van der Waals surface area contributed by atoms with E-state index in [1.54, 1.807) is 6.20 Å². The van der Waals surface area contributed by atoms with Crippen molar-refractivity contribution in [1.82, 2.24) is 14.7 Å². The molecule has 4 heteroatoms. The molecule has 1 amide bonds. The smallest absolute Gasteiger partial charge is 0.253 e. The minimum atomic E-state index is 0.182. The highest BCUT2D eigenvalue weighted by Gasteiger charge is 2.33. The molecular weight excluding hydrogens is 286 g/mol. The molecule has 0 bridgehead atoms. The number of rotatable bonds is 2. The van der Waals surface area contributed by atoms with E-state index in [0.29, 0.717) is 0 Å². The molecule has 1 aromatic heterocycles. The van der Waals surface area contributed by atoms with Gasteiger partial charge in [0.2, 0.25) is 0 Å². The molecule has 0 spiro atoms. The van der Waals surface area contributed by atoms with Crippen LogP contribution in [0.2, 0.25) is 0 Å². The second-order valence-electron chi connectivity index (χ2n) is 6.84. The number of amides is 1. The van der Waals surface area contributed by atoms with Gasteiger partial charge in [-0.05, 0) is 55.0 Å². The van der Waals surface area contributed by atoms with Gasteiger partial charge >= 0.3 is 0 Å². The number of benzene rings is 1. The van der Waals surface area contributed by atoms with Gasteiger partial charge in [-0.3, -0.25) is 4.79 Å². The van der Waals surface area contributed by atoms with Crippen molar-refractivity contribution < 1.29 is 4.79 Å². The van der Waals surface area contributed by atoms with E-state index in [0.717, 1.165) is 36.2 Å². The van der Waals surface area contributed by atoms with Gasteiger partial charge in [-0.15, -0.1) is 0 Å². The Morgan fingerprint density at radius 3 is 2.57 bits per heavy atom. The molecule has 2 unspecified atom stereocenters. The lowest BCUT2D eigenvalue weighted by atomic mass is 9.75. The highest BCUT2D eigenvalue weighted by atomic mass is 16.2. The molecule has 4 rings (SSSR count). The monoisotopic (exact) mass is 309 g/mol. The van der Waals surface area contributed by atoms with Crippen LogP contribution in [0.5, 0.6) is 0 Å². The fourth-order valence-corrected chi connectivity index (χ4v) is 4.15. The van der Waals surface area contributed by atoms with Gasteiger partial charge in [0.25, 0.3) is 5.91 Å². The van der Waals surface area contributed by atoms with Gasteiger partial charge < -0.3 is 4.90 Å². The molecule has 2 fully saturated rings. The SMILES string of the molecule is O=C(c1ccc(-n2cccn2)cc1)N1CCC2CCCCC2C1. The minimum Gasteiger partial charge on any atom is -0.338 e. The maximum atomic E-state index is 12.8. The van der Waals surface area contributed by atoms with E-state index in [4.69, 9.17) is 0 Å². The Bertz CT molecular complexity index is 662. The molecule has 1 aliphatic carbocycles. The summed E-state index contributed by atoms with van der Waals surface area (Å²) in [6, 6.07) is 9.67. The number of carbonyl (C=O) groups excluding carboxylic acids is 1. The van der Waals surface area contributed by atoms with Crippen LogP contribution in [0.1, 0.15) is 42.5 Å². The third-order valence-corrected chi connectivity index (χ3v) is 5.46. The van der Waals surface area contributed by atoms with E-state index in [2.05, 4.69) is 10.00 Å². The summed E-state index contributed by atoms with van der Waals surface area (Å²) >= 11 is 0. The van der Waals surface area contributed by atoms with E-state index in [1.807, 2.05) is 41.2 Å². The van der Waals surface area contributed by atoms with Crippen molar-refractivity contribution in [1.29, 1.82) is 0 Å². The molecule has 1 saturated heterocycles. The molecule has 0 N–H and O–H groups in total. The molecule has 2 heterocycles. The first-order valence-corrected chi connectivity index (χ1v) is 8.70. The summed E-state index contributed by atoms with van der Waals surface area (Å²) in [6.07, 6.45) is 10.2. The lowest BCUT2D eigenvalue weighted by molar-refractivity contribution is 0.0521. The van der Waals surface area contributed by atoms with Crippen LogP contribution in [0, 0.1) is 11.8 Å². The topological polar surface area (TPSA) is 38.1 Å². The fourth-order valence-electron chi connectivity index (χ4n) is 4.15. The first kappa shape index (κ1) is 14.5. The second kappa shape index (κ2) is 6.19. The molecule has 4 nitrogen and oxygen atoms in total. The maximum Gasteiger partial charge on any atom is 0.253 e. The summed E-state index contributed by atoms with van der Waals surface area (Å²) in [6.45, 7) is 1.87. The van der Waals surface area contributed by atoms with Gasteiger partial charge in [0.05, 0.1) is 5.69 Å². The predicted octanol–water partition coefficient (Wildman–Crippen LogP) is 3.52. The van der Waals surface area contributed by atoms with E-state index in [1.165, 1.54) is 32.1 Å². The molecule has 0 radical (unpaired) electrons. The number of fused-ring (bicyclic) bond motifs is 1. The van der Waals surface area contributed by atoms with Gasteiger partial charge in [0.15, 0.2) is 0 Å². The summed E-state index contributed by atoms with van der Waals surface area (Å²) in [7, 11) is 0. The van der Waals surface area contributed by atoms with Crippen molar-refractivity contribution in [3.63, 3.8) is 0 Å². The van der Waals surface area contributed by atoms with Crippen LogP contribution in [0.3, 0.4) is 0 Å². The van der Waals surface area contributed by atoms with E-state index in [-0.39, 0.29) is 5.91 Å². The van der Waals surface area contributed by atoms with Crippen molar-refractivity contribution in [3.05, 3.63) is 48.3 Å². The number of nitrogens with zero attached hydrogens (tertiary/aromatic N) is 3. The van der Waals surface area contributed by atoms with Crippen LogP contribution < -0.4 is 0 Å². The van der Waals surface area contributed by atoms with E-state index >= 15 is 0 Å². The van der Waals surface area contributed by atoms with E-state index < -0.39 is 0 Å². The Morgan fingerprint density at radius 2 is 1.83 bits per heavy atom. The van der Waals surface area contributed by atoms with Gasteiger partial charge in [-0.2, -0.15) is 5.10 Å². The van der Waals surface area contributed by atoms with Crippen molar-refractivity contribution in [2.24, 2.45) is 11.8 Å².